The lowest BCUT2D eigenvalue weighted by Crippen LogP contribution is -2.31. The Morgan fingerprint density at radius 2 is 2.20 bits per heavy atom. The van der Waals surface area contributed by atoms with E-state index in [4.69, 9.17) is 16.3 Å². The molecule has 0 aromatic carbocycles. The second-order valence-corrected chi connectivity index (χ2v) is 6.13. The summed E-state index contributed by atoms with van der Waals surface area (Å²) in [6.45, 7) is 7.35. The van der Waals surface area contributed by atoms with Gasteiger partial charge in [0.05, 0.1) is 7.11 Å². The Morgan fingerprint density at radius 1 is 1.40 bits per heavy atom. The van der Waals surface area contributed by atoms with Crippen LogP contribution in [0.1, 0.15) is 29.4 Å². The molecule has 1 saturated heterocycles. The van der Waals surface area contributed by atoms with Crippen LogP contribution in [0.2, 0.25) is 5.15 Å². The van der Waals surface area contributed by atoms with Gasteiger partial charge in [-0.1, -0.05) is 29.9 Å². The highest BCUT2D eigenvalue weighted by molar-refractivity contribution is 7.18. The van der Waals surface area contributed by atoms with Gasteiger partial charge in [-0.2, -0.15) is 0 Å². The maximum atomic E-state index is 11.6. The number of rotatable bonds is 4. The lowest BCUT2D eigenvalue weighted by molar-refractivity contribution is 0.0606. The van der Waals surface area contributed by atoms with Crippen LogP contribution in [0.4, 0.5) is 5.13 Å². The van der Waals surface area contributed by atoms with Crippen LogP contribution in [0.25, 0.3) is 0 Å². The highest BCUT2D eigenvalue weighted by Gasteiger charge is 2.22. The SMILES string of the molecule is CCCN1CCCN(c2nc(Cl)c(C(=O)OC)s2)CC1. The highest BCUT2D eigenvalue weighted by Crippen LogP contribution is 2.30. The van der Waals surface area contributed by atoms with Crippen LogP contribution in [-0.4, -0.2) is 55.7 Å². The van der Waals surface area contributed by atoms with Gasteiger partial charge in [0, 0.05) is 19.6 Å². The van der Waals surface area contributed by atoms with Gasteiger partial charge in [0.2, 0.25) is 0 Å². The zero-order valence-electron chi connectivity index (χ0n) is 11.9. The molecule has 0 unspecified atom stereocenters. The van der Waals surface area contributed by atoms with Gasteiger partial charge >= 0.3 is 5.97 Å². The van der Waals surface area contributed by atoms with Gasteiger partial charge < -0.3 is 14.5 Å². The first-order valence-electron chi connectivity index (χ1n) is 6.87. The van der Waals surface area contributed by atoms with Gasteiger partial charge in [0.1, 0.15) is 0 Å². The topological polar surface area (TPSA) is 45.7 Å². The van der Waals surface area contributed by atoms with Crippen LogP contribution in [0.5, 0.6) is 0 Å². The monoisotopic (exact) mass is 317 g/mol. The van der Waals surface area contributed by atoms with Gasteiger partial charge in [-0.15, -0.1) is 0 Å². The van der Waals surface area contributed by atoms with Crippen LogP contribution < -0.4 is 4.90 Å². The molecule has 1 aromatic heterocycles. The fraction of sp³-hybridized carbons (Fsp3) is 0.692. The van der Waals surface area contributed by atoms with E-state index in [2.05, 4.69) is 21.7 Å². The Hall–Kier alpha value is -0.850. The molecule has 0 amide bonds. The van der Waals surface area contributed by atoms with Crippen molar-refractivity contribution in [1.82, 2.24) is 9.88 Å². The Labute approximate surface area is 128 Å². The number of esters is 1. The molecule has 1 aromatic rings. The van der Waals surface area contributed by atoms with Crippen molar-refractivity contribution in [2.75, 3.05) is 44.7 Å². The molecule has 1 aliphatic rings. The predicted octanol–water partition coefficient (Wildman–Crippen LogP) is 2.51. The molecule has 7 heteroatoms. The van der Waals surface area contributed by atoms with Crippen molar-refractivity contribution >= 4 is 34.0 Å². The number of halogens is 1. The van der Waals surface area contributed by atoms with E-state index in [1.807, 2.05) is 0 Å². The van der Waals surface area contributed by atoms with E-state index >= 15 is 0 Å². The Morgan fingerprint density at radius 3 is 2.90 bits per heavy atom. The van der Waals surface area contributed by atoms with Crippen LogP contribution in [0, 0.1) is 0 Å². The second kappa shape index (κ2) is 7.24. The summed E-state index contributed by atoms with van der Waals surface area (Å²) in [6, 6.07) is 0. The third kappa shape index (κ3) is 3.62. The summed E-state index contributed by atoms with van der Waals surface area (Å²) in [4.78, 5) is 20.9. The zero-order valence-corrected chi connectivity index (χ0v) is 13.5. The molecule has 1 aliphatic heterocycles. The number of hydrogen-bond donors (Lipinski definition) is 0. The molecule has 0 N–H and O–H groups in total. The minimum Gasteiger partial charge on any atom is -0.465 e. The summed E-state index contributed by atoms with van der Waals surface area (Å²) in [5, 5.41) is 1.06. The molecule has 2 rings (SSSR count). The number of aromatic nitrogens is 1. The average molecular weight is 318 g/mol. The quantitative estimate of drug-likeness (QED) is 0.798. The van der Waals surface area contributed by atoms with Crippen molar-refractivity contribution in [1.29, 1.82) is 0 Å². The highest BCUT2D eigenvalue weighted by atomic mass is 35.5. The third-order valence-electron chi connectivity index (χ3n) is 3.34. The first kappa shape index (κ1) is 15.5. The number of anilines is 1. The van der Waals surface area contributed by atoms with Crippen molar-refractivity contribution in [3.8, 4) is 0 Å². The molecule has 1 fully saturated rings. The van der Waals surface area contributed by atoms with Gasteiger partial charge in [0.25, 0.3) is 0 Å². The molecule has 0 spiro atoms. The normalized spacial score (nSPS) is 17.1. The summed E-state index contributed by atoms with van der Waals surface area (Å²) in [7, 11) is 1.35. The zero-order chi connectivity index (χ0) is 14.5. The van der Waals surface area contributed by atoms with Gasteiger partial charge in [-0.25, -0.2) is 9.78 Å². The smallest absolute Gasteiger partial charge is 0.351 e. The maximum Gasteiger partial charge on any atom is 0.351 e. The van der Waals surface area contributed by atoms with E-state index in [9.17, 15) is 4.79 Å². The molecular formula is C13H20ClN3O2S. The molecule has 0 radical (unpaired) electrons. The largest absolute Gasteiger partial charge is 0.465 e. The van der Waals surface area contributed by atoms with Crippen molar-refractivity contribution in [2.45, 2.75) is 19.8 Å². The number of methoxy groups -OCH3 is 1. The number of carbonyl (C=O) groups excluding carboxylic acids is 1. The minimum absolute atomic E-state index is 0.242. The van der Waals surface area contributed by atoms with Gasteiger partial charge in [0.15, 0.2) is 15.2 Å². The van der Waals surface area contributed by atoms with E-state index in [1.54, 1.807) is 0 Å². The molecule has 0 saturated carbocycles. The van der Waals surface area contributed by atoms with E-state index in [-0.39, 0.29) is 5.15 Å². The molecular weight excluding hydrogens is 298 g/mol. The van der Waals surface area contributed by atoms with E-state index < -0.39 is 5.97 Å². The summed E-state index contributed by atoms with van der Waals surface area (Å²) in [5.41, 5.74) is 0. The van der Waals surface area contributed by atoms with Gasteiger partial charge in [-0.05, 0) is 25.9 Å². The predicted molar refractivity (Wildman–Crippen MR) is 82.0 cm³/mol. The fourth-order valence-electron chi connectivity index (χ4n) is 2.35. The summed E-state index contributed by atoms with van der Waals surface area (Å²) in [6.07, 6.45) is 2.28. The molecule has 0 aliphatic carbocycles. The Kier molecular flexibility index (Phi) is 5.63. The summed E-state index contributed by atoms with van der Waals surface area (Å²) < 4.78 is 4.71. The Balaban J connectivity index is 2.06. The molecule has 20 heavy (non-hydrogen) atoms. The number of nitrogens with zero attached hydrogens (tertiary/aromatic N) is 3. The first-order valence-corrected chi connectivity index (χ1v) is 8.07. The van der Waals surface area contributed by atoms with Crippen LogP contribution in [-0.2, 0) is 4.74 Å². The van der Waals surface area contributed by atoms with E-state index in [0.29, 0.717) is 4.88 Å². The lowest BCUT2D eigenvalue weighted by atomic mass is 10.3. The molecule has 112 valence electrons. The molecule has 0 bridgehead atoms. The number of carbonyl (C=O) groups is 1. The first-order chi connectivity index (χ1) is 9.65. The lowest BCUT2D eigenvalue weighted by Gasteiger charge is -2.20. The van der Waals surface area contributed by atoms with Crippen molar-refractivity contribution in [3.63, 3.8) is 0 Å². The maximum absolute atomic E-state index is 11.6. The molecule has 5 nitrogen and oxygen atoms in total. The number of thiazole rings is 1. The van der Waals surface area contributed by atoms with Crippen LogP contribution in [0.15, 0.2) is 0 Å². The average Bonchev–Trinajstić information content (AvgIpc) is 2.68. The van der Waals surface area contributed by atoms with Crippen molar-refractivity contribution < 1.29 is 9.53 Å². The van der Waals surface area contributed by atoms with Crippen LogP contribution in [0.3, 0.4) is 0 Å². The Bertz CT molecular complexity index is 466. The minimum atomic E-state index is -0.416. The van der Waals surface area contributed by atoms with Crippen LogP contribution >= 0.6 is 22.9 Å². The van der Waals surface area contributed by atoms with E-state index in [0.717, 1.165) is 44.3 Å². The number of ether oxygens (including phenoxy) is 1. The van der Waals surface area contributed by atoms with E-state index in [1.165, 1.54) is 24.9 Å². The van der Waals surface area contributed by atoms with Gasteiger partial charge in [-0.3, -0.25) is 0 Å². The van der Waals surface area contributed by atoms with Crippen molar-refractivity contribution in [3.05, 3.63) is 10.0 Å². The summed E-state index contributed by atoms with van der Waals surface area (Å²) in [5.74, 6) is -0.416. The number of hydrogen-bond acceptors (Lipinski definition) is 6. The van der Waals surface area contributed by atoms with Crippen molar-refractivity contribution in [2.24, 2.45) is 0 Å². The second-order valence-electron chi connectivity index (χ2n) is 4.79. The molecule has 0 atom stereocenters. The summed E-state index contributed by atoms with van der Waals surface area (Å²) >= 11 is 7.33. The third-order valence-corrected chi connectivity index (χ3v) is 4.83. The standard InChI is InChI=1S/C13H20ClN3O2S/c1-3-5-16-6-4-7-17(9-8-16)13-15-11(14)10(20-13)12(18)19-2/h3-9H2,1-2H3. The molecule has 2 heterocycles. The fourth-order valence-corrected chi connectivity index (χ4v) is 3.60.